The third-order valence-corrected chi connectivity index (χ3v) is 1.96. The van der Waals surface area contributed by atoms with Gasteiger partial charge in [-0.25, -0.2) is 4.98 Å². The molecule has 0 fully saturated rings. The summed E-state index contributed by atoms with van der Waals surface area (Å²) < 4.78 is 1.97. The van der Waals surface area contributed by atoms with E-state index in [1.165, 1.54) is 0 Å². The van der Waals surface area contributed by atoms with Crippen LogP contribution >= 0.6 is 0 Å². The van der Waals surface area contributed by atoms with Gasteiger partial charge in [-0.15, -0.1) is 0 Å². The van der Waals surface area contributed by atoms with Crippen LogP contribution in [0.3, 0.4) is 0 Å². The normalized spacial score (nSPS) is 9.92. The second kappa shape index (κ2) is 3.31. The van der Waals surface area contributed by atoms with Gasteiger partial charge in [0.2, 0.25) is 0 Å². The Bertz CT molecular complexity index is 362. The van der Waals surface area contributed by atoms with Crippen LogP contribution in [-0.2, 0) is 0 Å². The van der Waals surface area contributed by atoms with Crippen molar-refractivity contribution in [1.29, 1.82) is 0 Å². The van der Waals surface area contributed by atoms with E-state index in [9.17, 15) is 0 Å². The summed E-state index contributed by atoms with van der Waals surface area (Å²) in [6.45, 7) is 0. The molecule has 13 heavy (non-hydrogen) atoms. The number of anilines is 1. The van der Waals surface area contributed by atoms with Gasteiger partial charge in [0.05, 0.1) is 6.33 Å². The van der Waals surface area contributed by atoms with Crippen molar-refractivity contribution in [3.63, 3.8) is 0 Å². The zero-order valence-electron chi connectivity index (χ0n) is 7.44. The van der Waals surface area contributed by atoms with Crippen molar-refractivity contribution < 1.29 is 0 Å². The number of imidazole rings is 1. The van der Waals surface area contributed by atoms with E-state index in [0.29, 0.717) is 0 Å². The van der Waals surface area contributed by atoms with E-state index >= 15 is 0 Å². The van der Waals surface area contributed by atoms with Gasteiger partial charge in [0, 0.05) is 30.8 Å². The Balaban J connectivity index is 2.33. The van der Waals surface area contributed by atoms with Gasteiger partial charge in [0.1, 0.15) is 0 Å². The molecule has 1 aromatic heterocycles. The molecule has 0 aliphatic carbocycles. The van der Waals surface area contributed by atoms with Crippen molar-refractivity contribution in [3.05, 3.63) is 43.0 Å². The van der Waals surface area contributed by atoms with Gasteiger partial charge in [-0.3, -0.25) is 0 Å². The van der Waals surface area contributed by atoms with E-state index < -0.39 is 0 Å². The first-order valence-corrected chi connectivity index (χ1v) is 4.16. The molecule has 0 aliphatic rings. The molecule has 0 bridgehead atoms. The molecule has 2 rings (SSSR count). The summed E-state index contributed by atoms with van der Waals surface area (Å²) in [6, 6.07) is 8.17. The fourth-order valence-electron chi connectivity index (χ4n) is 1.21. The van der Waals surface area contributed by atoms with E-state index in [2.05, 4.69) is 10.3 Å². The molecule has 2 aromatic rings. The molecule has 0 amide bonds. The van der Waals surface area contributed by atoms with Gasteiger partial charge in [0.15, 0.2) is 0 Å². The number of rotatable bonds is 2. The lowest BCUT2D eigenvalue weighted by atomic mass is 10.3. The van der Waals surface area contributed by atoms with Crippen molar-refractivity contribution in [1.82, 2.24) is 9.55 Å². The molecule has 0 unspecified atom stereocenters. The van der Waals surface area contributed by atoms with Gasteiger partial charge < -0.3 is 9.88 Å². The fourth-order valence-corrected chi connectivity index (χ4v) is 1.21. The third-order valence-electron chi connectivity index (χ3n) is 1.96. The highest BCUT2D eigenvalue weighted by Gasteiger charge is 1.93. The van der Waals surface area contributed by atoms with Crippen molar-refractivity contribution >= 4 is 5.69 Å². The molecule has 1 heterocycles. The first-order valence-electron chi connectivity index (χ1n) is 4.16. The van der Waals surface area contributed by atoms with Crippen LogP contribution in [0.4, 0.5) is 5.69 Å². The molecule has 0 atom stereocenters. The Morgan fingerprint density at radius 3 is 2.54 bits per heavy atom. The van der Waals surface area contributed by atoms with Crippen LogP contribution in [0.25, 0.3) is 5.69 Å². The molecular weight excluding hydrogens is 162 g/mol. The van der Waals surface area contributed by atoms with Gasteiger partial charge in [-0.2, -0.15) is 0 Å². The molecule has 66 valence electrons. The van der Waals surface area contributed by atoms with Crippen LogP contribution in [0.2, 0.25) is 0 Å². The number of benzene rings is 1. The standard InChI is InChI=1S/C10H11N3/c1-11-9-2-4-10(5-3-9)13-7-6-12-8-13/h2-8,11H,1H3. The highest BCUT2D eigenvalue weighted by molar-refractivity contribution is 5.48. The molecule has 0 saturated carbocycles. The SMILES string of the molecule is CNc1ccc(-n2ccnc2)cc1. The minimum Gasteiger partial charge on any atom is -0.388 e. The summed E-state index contributed by atoms with van der Waals surface area (Å²) in [4.78, 5) is 3.99. The van der Waals surface area contributed by atoms with E-state index in [1.54, 1.807) is 12.5 Å². The van der Waals surface area contributed by atoms with E-state index in [1.807, 2.05) is 42.1 Å². The fraction of sp³-hybridized carbons (Fsp3) is 0.100. The number of nitrogens with one attached hydrogen (secondary N) is 1. The Hall–Kier alpha value is -1.77. The summed E-state index contributed by atoms with van der Waals surface area (Å²) >= 11 is 0. The molecular formula is C10H11N3. The second-order valence-electron chi connectivity index (χ2n) is 2.77. The van der Waals surface area contributed by atoms with Crippen molar-refractivity contribution in [2.75, 3.05) is 12.4 Å². The van der Waals surface area contributed by atoms with Crippen molar-refractivity contribution in [2.24, 2.45) is 0 Å². The zero-order chi connectivity index (χ0) is 9.10. The average molecular weight is 173 g/mol. The highest BCUT2D eigenvalue weighted by Crippen LogP contribution is 2.11. The minimum atomic E-state index is 1.11. The summed E-state index contributed by atoms with van der Waals surface area (Å²) in [6.07, 6.45) is 5.48. The van der Waals surface area contributed by atoms with Crippen LogP contribution in [0.1, 0.15) is 0 Å². The highest BCUT2D eigenvalue weighted by atomic mass is 15.0. The number of hydrogen-bond donors (Lipinski definition) is 1. The predicted octanol–water partition coefficient (Wildman–Crippen LogP) is 1.91. The maximum Gasteiger partial charge on any atom is 0.0991 e. The molecule has 1 aromatic carbocycles. The van der Waals surface area contributed by atoms with Gasteiger partial charge in [0.25, 0.3) is 0 Å². The Kier molecular flexibility index (Phi) is 2.00. The van der Waals surface area contributed by atoms with Crippen LogP contribution in [-0.4, -0.2) is 16.6 Å². The number of hydrogen-bond acceptors (Lipinski definition) is 2. The topological polar surface area (TPSA) is 29.9 Å². The van der Waals surface area contributed by atoms with E-state index in [-0.39, 0.29) is 0 Å². The maximum atomic E-state index is 3.99. The quantitative estimate of drug-likeness (QED) is 0.751. The largest absolute Gasteiger partial charge is 0.388 e. The Morgan fingerprint density at radius 1 is 1.23 bits per heavy atom. The predicted molar refractivity (Wildman–Crippen MR) is 53.1 cm³/mol. The minimum absolute atomic E-state index is 1.11. The Morgan fingerprint density at radius 2 is 2.00 bits per heavy atom. The monoisotopic (exact) mass is 173 g/mol. The zero-order valence-corrected chi connectivity index (χ0v) is 7.44. The van der Waals surface area contributed by atoms with Crippen molar-refractivity contribution in [3.8, 4) is 5.69 Å². The maximum absolute atomic E-state index is 3.99. The van der Waals surface area contributed by atoms with Crippen LogP contribution in [0, 0.1) is 0 Å². The summed E-state index contributed by atoms with van der Waals surface area (Å²) in [5.41, 5.74) is 2.24. The molecule has 3 heteroatoms. The average Bonchev–Trinajstić information content (AvgIpc) is 2.71. The smallest absolute Gasteiger partial charge is 0.0991 e. The number of nitrogens with zero attached hydrogens (tertiary/aromatic N) is 2. The van der Waals surface area contributed by atoms with Crippen LogP contribution in [0.15, 0.2) is 43.0 Å². The first-order chi connectivity index (χ1) is 6.40. The molecule has 1 N–H and O–H groups in total. The first kappa shape index (κ1) is 7.86. The lowest BCUT2D eigenvalue weighted by molar-refractivity contribution is 1.06. The summed E-state index contributed by atoms with van der Waals surface area (Å²) in [5, 5.41) is 3.07. The van der Waals surface area contributed by atoms with E-state index in [0.717, 1.165) is 11.4 Å². The lowest BCUT2D eigenvalue weighted by Gasteiger charge is -2.03. The van der Waals surface area contributed by atoms with Gasteiger partial charge in [-0.05, 0) is 24.3 Å². The third kappa shape index (κ3) is 1.54. The molecule has 0 radical (unpaired) electrons. The summed E-state index contributed by atoms with van der Waals surface area (Å²) in [7, 11) is 1.91. The molecule has 0 saturated heterocycles. The second-order valence-corrected chi connectivity index (χ2v) is 2.77. The van der Waals surface area contributed by atoms with Crippen molar-refractivity contribution in [2.45, 2.75) is 0 Å². The molecule has 0 spiro atoms. The molecule has 3 nitrogen and oxygen atoms in total. The van der Waals surface area contributed by atoms with Gasteiger partial charge in [-0.1, -0.05) is 0 Å². The summed E-state index contributed by atoms with van der Waals surface area (Å²) in [5.74, 6) is 0. The lowest BCUT2D eigenvalue weighted by Crippen LogP contribution is -1.91. The number of aromatic nitrogens is 2. The van der Waals surface area contributed by atoms with Gasteiger partial charge >= 0.3 is 0 Å². The molecule has 0 aliphatic heterocycles. The van der Waals surface area contributed by atoms with E-state index in [4.69, 9.17) is 0 Å². The van der Waals surface area contributed by atoms with Crippen LogP contribution < -0.4 is 5.32 Å². The Labute approximate surface area is 77.0 Å². The van der Waals surface area contributed by atoms with Crippen LogP contribution in [0.5, 0.6) is 0 Å².